The molecule has 0 saturated carbocycles. The molecule has 20 heavy (non-hydrogen) atoms. The van der Waals surface area contributed by atoms with Gasteiger partial charge in [0, 0.05) is 17.5 Å². The van der Waals surface area contributed by atoms with Crippen LogP contribution in [0.3, 0.4) is 0 Å². The number of hydrogen-bond donors (Lipinski definition) is 1. The first kappa shape index (κ1) is 12.9. The Morgan fingerprint density at radius 1 is 1.10 bits per heavy atom. The summed E-state index contributed by atoms with van der Waals surface area (Å²) >= 11 is 0. The van der Waals surface area contributed by atoms with Gasteiger partial charge in [0.25, 0.3) is 5.91 Å². The lowest BCUT2D eigenvalue weighted by Gasteiger charge is -2.18. The van der Waals surface area contributed by atoms with E-state index in [-0.39, 0.29) is 11.9 Å². The highest BCUT2D eigenvalue weighted by molar-refractivity contribution is 5.94. The third-order valence-electron chi connectivity index (χ3n) is 4.32. The fraction of sp³-hybridized carbons (Fsp3) is 0.278. The van der Waals surface area contributed by atoms with Crippen LogP contribution in [0.4, 0.5) is 0 Å². The van der Waals surface area contributed by atoms with E-state index in [1.807, 2.05) is 30.3 Å². The number of rotatable bonds is 2. The van der Waals surface area contributed by atoms with Crippen molar-refractivity contribution in [3.05, 3.63) is 70.8 Å². The van der Waals surface area contributed by atoms with Gasteiger partial charge in [-0.3, -0.25) is 4.79 Å². The maximum Gasteiger partial charge on any atom is 0.251 e. The maximum atomic E-state index is 12.3. The fourth-order valence-electron chi connectivity index (χ4n) is 3.06. The van der Waals surface area contributed by atoms with Crippen molar-refractivity contribution in [2.75, 3.05) is 0 Å². The molecule has 0 fully saturated rings. The van der Waals surface area contributed by atoms with Gasteiger partial charge in [-0.25, -0.2) is 0 Å². The minimum Gasteiger partial charge on any atom is -0.348 e. The highest BCUT2D eigenvalue weighted by Crippen LogP contribution is 2.34. The Hall–Kier alpha value is -2.09. The lowest BCUT2D eigenvalue weighted by Crippen LogP contribution is -2.37. The number of carbonyl (C=O) groups excluding carboxylic acids is 1. The fourth-order valence-corrected chi connectivity index (χ4v) is 3.06. The van der Waals surface area contributed by atoms with E-state index in [2.05, 4.69) is 37.4 Å². The predicted octanol–water partition coefficient (Wildman–Crippen LogP) is 3.45. The molecule has 2 unspecified atom stereocenters. The molecule has 2 aromatic rings. The molecule has 0 saturated heterocycles. The molecule has 2 aromatic carbocycles. The first-order valence-corrected chi connectivity index (χ1v) is 7.11. The highest BCUT2D eigenvalue weighted by Gasteiger charge is 2.31. The van der Waals surface area contributed by atoms with Gasteiger partial charge in [-0.2, -0.15) is 0 Å². The Morgan fingerprint density at radius 3 is 2.55 bits per heavy atom. The molecule has 0 spiro atoms. The van der Waals surface area contributed by atoms with E-state index < -0.39 is 0 Å². The summed E-state index contributed by atoms with van der Waals surface area (Å²) in [5, 5.41) is 3.18. The summed E-state index contributed by atoms with van der Waals surface area (Å²) in [6, 6.07) is 16.0. The molecule has 2 heteroatoms. The topological polar surface area (TPSA) is 29.1 Å². The Morgan fingerprint density at radius 2 is 1.85 bits per heavy atom. The maximum absolute atomic E-state index is 12.3. The van der Waals surface area contributed by atoms with Crippen molar-refractivity contribution in [3.8, 4) is 0 Å². The SMILES string of the molecule is Cc1cccc2c1CC(NC(=O)c1ccccc1)C2C. The summed E-state index contributed by atoms with van der Waals surface area (Å²) in [4.78, 5) is 12.3. The summed E-state index contributed by atoms with van der Waals surface area (Å²) in [5.41, 5.74) is 4.83. The molecule has 2 atom stereocenters. The molecule has 102 valence electrons. The van der Waals surface area contributed by atoms with Gasteiger partial charge in [0.2, 0.25) is 0 Å². The van der Waals surface area contributed by atoms with Gasteiger partial charge in [0.15, 0.2) is 0 Å². The smallest absolute Gasteiger partial charge is 0.251 e. The number of carbonyl (C=O) groups is 1. The van der Waals surface area contributed by atoms with Crippen LogP contribution < -0.4 is 5.32 Å². The molecule has 2 nitrogen and oxygen atoms in total. The number of amides is 1. The Balaban J connectivity index is 1.78. The second-order valence-corrected chi connectivity index (χ2v) is 5.58. The van der Waals surface area contributed by atoms with Gasteiger partial charge in [0.05, 0.1) is 0 Å². The number of nitrogens with one attached hydrogen (secondary N) is 1. The van der Waals surface area contributed by atoms with E-state index in [0.29, 0.717) is 5.92 Å². The Kier molecular flexibility index (Phi) is 3.31. The third-order valence-corrected chi connectivity index (χ3v) is 4.32. The van der Waals surface area contributed by atoms with Crippen LogP contribution in [0, 0.1) is 6.92 Å². The molecular formula is C18H19NO. The molecule has 0 heterocycles. The van der Waals surface area contributed by atoms with E-state index in [0.717, 1.165) is 12.0 Å². The van der Waals surface area contributed by atoms with E-state index in [1.165, 1.54) is 16.7 Å². The summed E-state index contributed by atoms with van der Waals surface area (Å²) in [7, 11) is 0. The summed E-state index contributed by atoms with van der Waals surface area (Å²) in [6.45, 7) is 4.34. The first-order chi connectivity index (χ1) is 9.66. The van der Waals surface area contributed by atoms with Crippen LogP contribution in [0.1, 0.15) is 39.9 Å². The second-order valence-electron chi connectivity index (χ2n) is 5.58. The summed E-state index contributed by atoms with van der Waals surface area (Å²) < 4.78 is 0. The van der Waals surface area contributed by atoms with Crippen molar-refractivity contribution in [2.45, 2.75) is 32.2 Å². The van der Waals surface area contributed by atoms with E-state index in [9.17, 15) is 4.79 Å². The number of fused-ring (bicyclic) bond motifs is 1. The average Bonchev–Trinajstić information content (AvgIpc) is 2.79. The summed E-state index contributed by atoms with van der Waals surface area (Å²) in [6.07, 6.45) is 0.932. The lowest BCUT2D eigenvalue weighted by atomic mass is 9.99. The van der Waals surface area contributed by atoms with Crippen LogP contribution >= 0.6 is 0 Å². The average molecular weight is 265 g/mol. The zero-order chi connectivity index (χ0) is 14.1. The normalized spacial score (nSPS) is 20.5. The van der Waals surface area contributed by atoms with E-state index in [1.54, 1.807) is 0 Å². The highest BCUT2D eigenvalue weighted by atomic mass is 16.1. The minimum absolute atomic E-state index is 0.0212. The van der Waals surface area contributed by atoms with Gasteiger partial charge >= 0.3 is 0 Å². The molecular weight excluding hydrogens is 246 g/mol. The van der Waals surface area contributed by atoms with Gasteiger partial charge in [-0.05, 0) is 42.2 Å². The van der Waals surface area contributed by atoms with Gasteiger partial charge in [0.1, 0.15) is 0 Å². The molecule has 1 aliphatic carbocycles. The van der Waals surface area contributed by atoms with Crippen molar-refractivity contribution in [1.29, 1.82) is 0 Å². The van der Waals surface area contributed by atoms with Crippen molar-refractivity contribution in [2.24, 2.45) is 0 Å². The van der Waals surface area contributed by atoms with Crippen LogP contribution in [-0.4, -0.2) is 11.9 Å². The molecule has 0 aromatic heterocycles. The monoisotopic (exact) mass is 265 g/mol. The molecule has 0 radical (unpaired) electrons. The van der Waals surface area contributed by atoms with Gasteiger partial charge in [-0.1, -0.05) is 43.3 Å². The molecule has 1 amide bonds. The van der Waals surface area contributed by atoms with Crippen molar-refractivity contribution in [1.82, 2.24) is 5.32 Å². The van der Waals surface area contributed by atoms with Crippen LogP contribution in [0.2, 0.25) is 0 Å². The Labute approximate surface area is 119 Å². The van der Waals surface area contributed by atoms with Crippen LogP contribution in [0.5, 0.6) is 0 Å². The quantitative estimate of drug-likeness (QED) is 0.885. The molecule has 0 aliphatic heterocycles. The molecule has 1 aliphatic rings. The van der Waals surface area contributed by atoms with E-state index >= 15 is 0 Å². The minimum atomic E-state index is 0.0212. The van der Waals surface area contributed by atoms with Crippen LogP contribution in [0.15, 0.2) is 48.5 Å². The van der Waals surface area contributed by atoms with Crippen molar-refractivity contribution in [3.63, 3.8) is 0 Å². The summed E-state index contributed by atoms with van der Waals surface area (Å²) in [5.74, 6) is 0.394. The second kappa shape index (κ2) is 5.12. The predicted molar refractivity (Wildman–Crippen MR) is 81.0 cm³/mol. The van der Waals surface area contributed by atoms with E-state index in [4.69, 9.17) is 0 Å². The van der Waals surface area contributed by atoms with Crippen molar-refractivity contribution < 1.29 is 4.79 Å². The number of hydrogen-bond acceptors (Lipinski definition) is 1. The first-order valence-electron chi connectivity index (χ1n) is 7.11. The number of benzene rings is 2. The lowest BCUT2D eigenvalue weighted by molar-refractivity contribution is 0.0934. The third kappa shape index (κ3) is 2.22. The Bertz CT molecular complexity index is 633. The number of aryl methyl sites for hydroxylation is 1. The van der Waals surface area contributed by atoms with Crippen LogP contribution in [0.25, 0.3) is 0 Å². The standard InChI is InChI=1S/C18H19NO/c1-12-7-6-10-15-13(2)17(11-16(12)15)19-18(20)14-8-4-3-5-9-14/h3-10,13,17H,11H2,1-2H3,(H,19,20). The van der Waals surface area contributed by atoms with Crippen LogP contribution in [-0.2, 0) is 6.42 Å². The molecule has 1 N–H and O–H groups in total. The van der Waals surface area contributed by atoms with Gasteiger partial charge < -0.3 is 5.32 Å². The zero-order valence-electron chi connectivity index (χ0n) is 11.9. The molecule has 3 rings (SSSR count). The largest absolute Gasteiger partial charge is 0.348 e. The molecule has 0 bridgehead atoms. The van der Waals surface area contributed by atoms with Gasteiger partial charge in [-0.15, -0.1) is 0 Å². The van der Waals surface area contributed by atoms with Crippen molar-refractivity contribution >= 4 is 5.91 Å². The zero-order valence-corrected chi connectivity index (χ0v) is 11.9.